The van der Waals surface area contributed by atoms with E-state index in [4.69, 9.17) is 0 Å². The molecule has 1 N–H and O–H groups in total. The van der Waals surface area contributed by atoms with Crippen LogP contribution >= 0.6 is 0 Å². The summed E-state index contributed by atoms with van der Waals surface area (Å²) in [5.74, 6) is 0. The number of nitrogens with zero attached hydrogens (tertiary/aromatic N) is 2. The summed E-state index contributed by atoms with van der Waals surface area (Å²) < 4.78 is 0. The molecule has 0 spiro atoms. The van der Waals surface area contributed by atoms with E-state index in [1.165, 1.54) is 12.9 Å². The predicted octanol–water partition coefficient (Wildman–Crippen LogP) is -0.618. The highest BCUT2D eigenvalue weighted by Crippen LogP contribution is 1.90. The molecule has 8 heavy (non-hydrogen) atoms. The fourth-order valence-electron chi connectivity index (χ4n) is 0.402. The Morgan fingerprint density at radius 2 is 2.62 bits per heavy atom. The van der Waals surface area contributed by atoms with Crippen LogP contribution in [0.2, 0.25) is 0 Å². The van der Waals surface area contributed by atoms with Crippen LogP contribution in [0.5, 0.6) is 0 Å². The van der Waals surface area contributed by atoms with Gasteiger partial charge in [0, 0.05) is 4.92 Å². The van der Waals surface area contributed by atoms with Crippen molar-refractivity contribution in [2.45, 2.75) is 6.17 Å². The first-order valence-electron chi connectivity index (χ1n) is 2.05. The Kier molecular flexibility index (Phi) is 1.21. The fraction of sp³-hybridized carbons (Fsp3) is 0.333. The van der Waals surface area contributed by atoms with Gasteiger partial charge in [0.1, 0.15) is 6.67 Å². The first-order chi connectivity index (χ1) is 3.80. The molecule has 0 aromatic rings. The molecule has 5 nitrogen and oxygen atoms in total. The van der Waals surface area contributed by atoms with E-state index in [2.05, 4.69) is 10.3 Å². The number of aliphatic imine (C=N–C) groups is 1. The SMILES string of the molecule is O=[N+]([O-])C1C=N[CH]N1. The van der Waals surface area contributed by atoms with Crippen molar-refractivity contribution >= 4 is 6.21 Å². The maximum atomic E-state index is 9.83. The van der Waals surface area contributed by atoms with Crippen molar-refractivity contribution in [2.75, 3.05) is 0 Å². The minimum absolute atomic E-state index is 0.451. The van der Waals surface area contributed by atoms with Crippen LogP contribution in [0.4, 0.5) is 0 Å². The summed E-state index contributed by atoms with van der Waals surface area (Å²) in [5.41, 5.74) is 0. The van der Waals surface area contributed by atoms with E-state index < -0.39 is 11.1 Å². The highest BCUT2D eigenvalue weighted by molar-refractivity contribution is 5.64. The Balaban J connectivity index is 2.48. The third kappa shape index (κ3) is 0.812. The van der Waals surface area contributed by atoms with Gasteiger partial charge in [-0.15, -0.1) is 0 Å². The molecule has 0 fully saturated rings. The molecule has 1 heterocycles. The molecule has 1 aliphatic heterocycles. The second kappa shape index (κ2) is 1.87. The van der Waals surface area contributed by atoms with Crippen molar-refractivity contribution in [3.05, 3.63) is 16.8 Å². The molecule has 0 saturated heterocycles. The van der Waals surface area contributed by atoms with E-state index >= 15 is 0 Å². The zero-order chi connectivity index (χ0) is 5.98. The molecular formula is C3H4N3O2. The van der Waals surface area contributed by atoms with E-state index in [0.717, 1.165) is 0 Å². The normalized spacial score (nSPS) is 26.2. The van der Waals surface area contributed by atoms with E-state index in [0.29, 0.717) is 0 Å². The lowest BCUT2D eigenvalue weighted by molar-refractivity contribution is -0.505. The van der Waals surface area contributed by atoms with Gasteiger partial charge in [0.25, 0.3) is 0 Å². The summed E-state index contributed by atoms with van der Waals surface area (Å²) in [6.07, 6.45) is 0.426. The average molecular weight is 114 g/mol. The first-order valence-corrected chi connectivity index (χ1v) is 2.05. The van der Waals surface area contributed by atoms with Gasteiger partial charge in [-0.3, -0.25) is 15.1 Å². The quantitative estimate of drug-likeness (QED) is 0.365. The van der Waals surface area contributed by atoms with Gasteiger partial charge in [-0.1, -0.05) is 0 Å². The maximum Gasteiger partial charge on any atom is 0.303 e. The summed E-state index contributed by atoms with van der Waals surface area (Å²) in [7, 11) is 0. The van der Waals surface area contributed by atoms with Gasteiger partial charge in [-0.2, -0.15) is 0 Å². The summed E-state index contributed by atoms with van der Waals surface area (Å²) in [6, 6.07) is 0. The molecule has 43 valence electrons. The molecule has 0 saturated carbocycles. The smallest absolute Gasteiger partial charge is 0.266 e. The maximum absolute atomic E-state index is 9.83. The van der Waals surface area contributed by atoms with Crippen molar-refractivity contribution < 1.29 is 4.92 Å². The van der Waals surface area contributed by atoms with Gasteiger partial charge in [-0.25, -0.2) is 5.32 Å². The largest absolute Gasteiger partial charge is 0.303 e. The van der Waals surface area contributed by atoms with E-state index in [1.807, 2.05) is 0 Å². The molecular weight excluding hydrogens is 110 g/mol. The van der Waals surface area contributed by atoms with Gasteiger partial charge in [0.15, 0.2) is 0 Å². The number of nitro groups is 1. The molecule has 1 rings (SSSR count). The van der Waals surface area contributed by atoms with E-state index in [9.17, 15) is 10.1 Å². The van der Waals surface area contributed by atoms with Crippen LogP contribution in [0, 0.1) is 16.8 Å². The Hall–Kier alpha value is -0.970. The molecule has 1 aliphatic rings. The fourth-order valence-corrected chi connectivity index (χ4v) is 0.402. The van der Waals surface area contributed by atoms with Gasteiger partial charge in [0.05, 0.1) is 6.21 Å². The van der Waals surface area contributed by atoms with Crippen LogP contribution in [0.1, 0.15) is 0 Å². The third-order valence-corrected chi connectivity index (χ3v) is 0.774. The van der Waals surface area contributed by atoms with E-state index in [1.54, 1.807) is 0 Å². The van der Waals surface area contributed by atoms with Gasteiger partial charge >= 0.3 is 6.17 Å². The van der Waals surface area contributed by atoms with Crippen molar-refractivity contribution in [3.8, 4) is 0 Å². The standard InChI is InChI=1S/C3H4N3O2/c7-6(8)3-1-4-2-5-3/h1-3,5H. The molecule has 1 radical (unpaired) electrons. The second-order valence-corrected chi connectivity index (χ2v) is 1.32. The van der Waals surface area contributed by atoms with Crippen molar-refractivity contribution in [3.63, 3.8) is 0 Å². The summed E-state index contributed by atoms with van der Waals surface area (Å²) in [6.45, 7) is 1.30. The minimum Gasteiger partial charge on any atom is -0.266 e. The van der Waals surface area contributed by atoms with Crippen LogP contribution in [0.3, 0.4) is 0 Å². The minimum atomic E-state index is -0.810. The Morgan fingerprint density at radius 1 is 1.88 bits per heavy atom. The molecule has 0 aliphatic carbocycles. The van der Waals surface area contributed by atoms with Crippen LogP contribution in [-0.2, 0) is 0 Å². The van der Waals surface area contributed by atoms with Crippen molar-refractivity contribution in [1.29, 1.82) is 0 Å². The molecule has 1 atom stereocenters. The molecule has 0 aromatic heterocycles. The Morgan fingerprint density at radius 3 is 2.88 bits per heavy atom. The summed E-state index contributed by atoms with van der Waals surface area (Å²) in [4.78, 5) is 12.9. The lowest BCUT2D eigenvalue weighted by atomic mass is 10.6. The van der Waals surface area contributed by atoms with Crippen molar-refractivity contribution in [2.24, 2.45) is 4.99 Å². The predicted molar refractivity (Wildman–Crippen MR) is 26.7 cm³/mol. The second-order valence-electron chi connectivity index (χ2n) is 1.32. The Bertz CT molecular complexity index is 132. The monoisotopic (exact) mass is 114 g/mol. The van der Waals surface area contributed by atoms with Crippen LogP contribution in [0.25, 0.3) is 0 Å². The highest BCUT2D eigenvalue weighted by Gasteiger charge is 2.18. The molecule has 0 aromatic carbocycles. The van der Waals surface area contributed by atoms with Gasteiger partial charge < -0.3 is 0 Å². The molecule has 0 amide bonds. The highest BCUT2D eigenvalue weighted by atomic mass is 16.6. The zero-order valence-corrected chi connectivity index (χ0v) is 3.94. The van der Waals surface area contributed by atoms with Crippen molar-refractivity contribution in [1.82, 2.24) is 5.32 Å². The first kappa shape index (κ1) is 5.17. The third-order valence-electron chi connectivity index (χ3n) is 0.774. The van der Waals surface area contributed by atoms with Gasteiger partial charge in [0.2, 0.25) is 0 Å². The number of nitrogens with one attached hydrogen (secondary N) is 1. The lowest BCUT2D eigenvalue weighted by Crippen LogP contribution is -2.30. The van der Waals surface area contributed by atoms with Crippen LogP contribution in [-0.4, -0.2) is 17.3 Å². The molecule has 1 unspecified atom stereocenters. The van der Waals surface area contributed by atoms with Crippen LogP contribution < -0.4 is 5.32 Å². The summed E-state index contributed by atoms with van der Waals surface area (Å²) in [5, 5.41) is 12.2. The molecule has 0 bridgehead atoms. The Labute approximate surface area is 45.6 Å². The number of hydrogen-bond acceptors (Lipinski definition) is 4. The average Bonchev–Trinajstić information content (AvgIpc) is 2.12. The number of rotatable bonds is 1. The van der Waals surface area contributed by atoms with E-state index in [-0.39, 0.29) is 0 Å². The molecule has 5 heteroatoms. The zero-order valence-electron chi connectivity index (χ0n) is 3.94. The number of hydrogen-bond donors (Lipinski definition) is 1. The topological polar surface area (TPSA) is 67.5 Å². The summed E-state index contributed by atoms with van der Waals surface area (Å²) >= 11 is 0. The van der Waals surface area contributed by atoms with Gasteiger partial charge in [-0.05, 0) is 0 Å². The van der Waals surface area contributed by atoms with Crippen LogP contribution in [0.15, 0.2) is 4.99 Å². The lowest BCUT2D eigenvalue weighted by Gasteiger charge is -1.93.